The van der Waals surface area contributed by atoms with Gasteiger partial charge in [0.15, 0.2) is 5.82 Å². The average Bonchev–Trinajstić information content (AvgIpc) is 3.23. The van der Waals surface area contributed by atoms with E-state index in [0.29, 0.717) is 24.7 Å². The number of carbonyl (C=O) groups is 2. The summed E-state index contributed by atoms with van der Waals surface area (Å²) in [5.74, 6) is 0.999. The predicted molar refractivity (Wildman–Crippen MR) is 116 cm³/mol. The molecule has 0 aliphatic carbocycles. The lowest BCUT2D eigenvalue weighted by Crippen LogP contribution is -2.26. The molecule has 0 bridgehead atoms. The standard InChI is InChI=1S/C21H25N5O3S/c1-14-9-19(25-29-14)23-21(28)13-30-12-20(27)22-10-18-15(2)24-26(16(18)3)11-17-7-5-4-6-8-17/h4-9H,10-13H2,1-3H3,(H,22,27)(H,23,25,28). The highest BCUT2D eigenvalue weighted by Crippen LogP contribution is 2.15. The number of aromatic nitrogens is 3. The maximum Gasteiger partial charge on any atom is 0.235 e. The van der Waals surface area contributed by atoms with E-state index in [0.717, 1.165) is 17.0 Å². The SMILES string of the molecule is Cc1cc(NC(=O)CSCC(=O)NCc2c(C)nn(Cc3ccccc3)c2C)no1. The Balaban J connectivity index is 1.43. The number of benzene rings is 1. The van der Waals surface area contributed by atoms with E-state index in [-0.39, 0.29) is 23.3 Å². The molecule has 2 heterocycles. The summed E-state index contributed by atoms with van der Waals surface area (Å²) in [5.41, 5.74) is 4.13. The van der Waals surface area contributed by atoms with E-state index in [9.17, 15) is 9.59 Å². The van der Waals surface area contributed by atoms with E-state index >= 15 is 0 Å². The molecule has 8 nitrogen and oxygen atoms in total. The largest absolute Gasteiger partial charge is 0.360 e. The van der Waals surface area contributed by atoms with E-state index in [1.807, 2.05) is 36.7 Å². The van der Waals surface area contributed by atoms with Crippen LogP contribution in [0, 0.1) is 20.8 Å². The minimum absolute atomic E-state index is 0.125. The van der Waals surface area contributed by atoms with Gasteiger partial charge in [0.25, 0.3) is 0 Å². The number of thioether (sulfide) groups is 1. The zero-order valence-corrected chi connectivity index (χ0v) is 18.1. The van der Waals surface area contributed by atoms with Crippen molar-refractivity contribution in [2.45, 2.75) is 33.9 Å². The molecule has 9 heteroatoms. The van der Waals surface area contributed by atoms with Crippen molar-refractivity contribution in [2.75, 3.05) is 16.8 Å². The fourth-order valence-electron chi connectivity index (χ4n) is 2.98. The average molecular weight is 428 g/mol. The summed E-state index contributed by atoms with van der Waals surface area (Å²) in [6.45, 7) is 6.81. The van der Waals surface area contributed by atoms with Gasteiger partial charge in [0.2, 0.25) is 11.8 Å². The first-order valence-electron chi connectivity index (χ1n) is 9.57. The minimum atomic E-state index is -0.227. The molecule has 0 spiro atoms. The molecule has 2 amide bonds. The Labute approximate surface area is 179 Å². The molecule has 0 saturated heterocycles. The first-order chi connectivity index (χ1) is 14.4. The summed E-state index contributed by atoms with van der Waals surface area (Å²) in [5, 5.41) is 13.8. The first kappa shape index (κ1) is 21.6. The van der Waals surface area contributed by atoms with Crippen molar-refractivity contribution >= 4 is 29.4 Å². The molecule has 0 fully saturated rings. The van der Waals surface area contributed by atoms with Gasteiger partial charge in [-0.2, -0.15) is 5.10 Å². The molecule has 3 rings (SSSR count). The number of carbonyl (C=O) groups excluding carboxylic acids is 2. The Morgan fingerprint density at radius 1 is 1.10 bits per heavy atom. The molecular formula is C21H25N5O3S. The van der Waals surface area contributed by atoms with Crippen LogP contribution in [0.2, 0.25) is 0 Å². The van der Waals surface area contributed by atoms with E-state index < -0.39 is 0 Å². The lowest BCUT2D eigenvalue weighted by Gasteiger charge is -2.07. The van der Waals surface area contributed by atoms with Crippen molar-refractivity contribution in [3.05, 3.63) is 64.7 Å². The quantitative estimate of drug-likeness (QED) is 0.544. The lowest BCUT2D eigenvalue weighted by molar-refractivity contribution is -0.118. The summed E-state index contributed by atoms with van der Waals surface area (Å²) >= 11 is 1.24. The van der Waals surface area contributed by atoms with E-state index in [4.69, 9.17) is 4.52 Å². The molecule has 1 aromatic carbocycles. The van der Waals surface area contributed by atoms with E-state index in [1.54, 1.807) is 13.0 Å². The predicted octanol–water partition coefficient (Wildman–Crippen LogP) is 2.83. The molecular weight excluding hydrogens is 402 g/mol. The summed E-state index contributed by atoms with van der Waals surface area (Å²) in [4.78, 5) is 24.0. The van der Waals surface area contributed by atoms with Crippen molar-refractivity contribution in [3.63, 3.8) is 0 Å². The van der Waals surface area contributed by atoms with Crippen molar-refractivity contribution < 1.29 is 14.1 Å². The smallest absolute Gasteiger partial charge is 0.235 e. The Morgan fingerprint density at radius 2 is 1.83 bits per heavy atom. The number of hydrogen-bond donors (Lipinski definition) is 2. The summed E-state index contributed by atoms with van der Waals surface area (Å²) in [6.07, 6.45) is 0. The van der Waals surface area contributed by atoms with Crippen LogP contribution in [-0.2, 0) is 22.7 Å². The highest BCUT2D eigenvalue weighted by molar-refractivity contribution is 8.00. The topological polar surface area (TPSA) is 102 Å². The summed E-state index contributed by atoms with van der Waals surface area (Å²) in [7, 11) is 0. The first-order valence-corrected chi connectivity index (χ1v) is 10.7. The molecule has 2 aromatic heterocycles. The third-order valence-corrected chi connectivity index (χ3v) is 5.46. The van der Waals surface area contributed by atoms with Gasteiger partial charge in [-0.25, -0.2) is 0 Å². The Bertz CT molecular complexity index is 1010. The van der Waals surface area contributed by atoms with Gasteiger partial charge < -0.3 is 15.2 Å². The maximum atomic E-state index is 12.2. The maximum absolute atomic E-state index is 12.2. The molecule has 0 aliphatic rings. The van der Waals surface area contributed by atoms with Gasteiger partial charge >= 0.3 is 0 Å². The van der Waals surface area contributed by atoms with Crippen LogP contribution in [0.5, 0.6) is 0 Å². The van der Waals surface area contributed by atoms with Crippen LogP contribution < -0.4 is 10.6 Å². The monoisotopic (exact) mass is 427 g/mol. The molecule has 0 radical (unpaired) electrons. The van der Waals surface area contributed by atoms with Crippen molar-refractivity contribution in [2.24, 2.45) is 0 Å². The molecule has 0 aliphatic heterocycles. The zero-order chi connectivity index (χ0) is 21.5. The number of aryl methyl sites for hydroxylation is 2. The molecule has 0 atom stereocenters. The Kier molecular flexibility index (Phi) is 7.29. The number of nitrogens with one attached hydrogen (secondary N) is 2. The highest BCUT2D eigenvalue weighted by Gasteiger charge is 2.13. The van der Waals surface area contributed by atoms with Gasteiger partial charge in [-0.3, -0.25) is 14.3 Å². The number of nitrogens with zero attached hydrogens (tertiary/aromatic N) is 3. The number of anilines is 1. The van der Waals surface area contributed by atoms with Crippen LogP contribution in [0.25, 0.3) is 0 Å². The van der Waals surface area contributed by atoms with Gasteiger partial charge in [-0.05, 0) is 26.3 Å². The van der Waals surface area contributed by atoms with Crippen LogP contribution in [0.1, 0.15) is 28.3 Å². The summed E-state index contributed by atoms with van der Waals surface area (Å²) < 4.78 is 6.85. The molecule has 0 unspecified atom stereocenters. The normalized spacial score (nSPS) is 10.8. The Morgan fingerprint density at radius 3 is 2.53 bits per heavy atom. The third kappa shape index (κ3) is 5.96. The second kappa shape index (κ2) is 10.1. The van der Waals surface area contributed by atoms with Crippen molar-refractivity contribution in [1.29, 1.82) is 0 Å². The highest BCUT2D eigenvalue weighted by atomic mass is 32.2. The van der Waals surface area contributed by atoms with Gasteiger partial charge in [0, 0.05) is 23.9 Å². The fourth-order valence-corrected chi connectivity index (χ4v) is 3.63. The second-order valence-electron chi connectivity index (χ2n) is 6.93. The molecule has 30 heavy (non-hydrogen) atoms. The van der Waals surface area contributed by atoms with Crippen LogP contribution in [0.15, 0.2) is 40.9 Å². The van der Waals surface area contributed by atoms with Gasteiger partial charge in [-0.1, -0.05) is 35.5 Å². The minimum Gasteiger partial charge on any atom is -0.360 e. The third-order valence-electron chi connectivity index (χ3n) is 4.53. The van der Waals surface area contributed by atoms with E-state index in [1.165, 1.54) is 17.3 Å². The van der Waals surface area contributed by atoms with E-state index in [2.05, 4.69) is 33.0 Å². The summed E-state index contributed by atoms with van der Waals surface area (Å²) in [6, 6.07) is 11.8. The molecule has 158 valence electrons. The van der Waals surface area contributed by atoms with Crippen LogP contribution >= 0.6 is 11.8 Å². The number of amides is 2. The van der Waals surface area contributed by atoms with Crippen LogP contribution in [0.4, 0.5) is 5.82 Å². The van der Waals surface area contributed by atoms with Gasteiger partial charge in [-0.15, -0.1) is 11.8 Å². The lowest BCUT2D eigenvalue weighted by atomic mass is 10.2. The number of rotatable bonds is 9. The fraction of sp³-hybridized carbons (Fsp3) is 0.333. The van der Waals surface area contributed by atoms with Gasteiger partial charge in [0.1, 0.15) is 5.76 Å². The second-order valence-corrected chi connectivity index (χ2v) is 7.92. The van der Waals surface area contributed by atoms with Gasteiger partial charge in [0.05, 0.1) is 23.7 Å². The van der Waals surface area contributed by atoms with Crippen molar-refractivity contribution in [3.8, 4) is 0 Å². The Hall–Kier alpha value is -3.07. The number of hydrogen-bond acceptors (Lipinski definition) is 6. The van der Waals surface area contributed by atoms with Crippen LogP contribution in [0.3, 0.4) is 0 Å². The van der Waals surface area contributed by atoms with Crippen LogP contribution in [-0.4, -0.2) is 38.3 Å². The molecule has 3 aromatic rings. The zero-order valence-electron chi connectivity index (χ0n) is 17.3. The molecule has 0 saturated carbocycles. The van der Waals surface area contributed by atoms with Crippen molar-refractivity contribution in [1.82, 2.24) is 20.3 Å². The molecule has 2 N–H and O–H groups in total.